The highest BCUT2D eigenvalue weighted by Gasteiger charge is 2.31. The van der Waals surface area contributed by atoms with Gasteiger partial charge in [0.15, 0.2) is 0 Å². The summed E-state index contributed by atoms with van der Waals surface area (Å²) >= 11 is 0. The molecule has 0 saturated carbocycles. The number of H-pyrrole nitrogens is 1. The molecule has 2 unspecified atom stereocenters. The molecule has 1 aliphatic rings. The first kappa shape index (κ1) is 11.2. The van der Waals surface area contributed by atoms with Gasteiger partial charge in [-0.25, -0.2) is 0 Å². The SMILES string of the molecule is Cc1n[nH]c(C)c1C(=O)N1CC(C)C(C)C1. The van der Waals surface area contributed by atoms with E-state index in [9.17, 15) is 4.79 Å². The number of aromatic amines is 1. The first-order valence-corrected chi connectivity index (χ1v) is 5.81. The molecule has 4 heteroatoms. The molecule has 2 rings (SSSR count). The molecule has 1 saturated heterocycles. The Labute approximate surface area is 96.0 Å². The van der Waals surface area contributed by atoms with E-state index in [0.29, 0.717) is 11.8 Å². The fraction of sp³-hybridized carbons (Fsp3) is 0.667. The molecule has 1 N–H and O–H groups in total. The van der Waals surface area contributed by atoms with Gasteiger partial charge in [0.2, 0.25) is 0 Å². The number of aryl methyl sites for hydroxylation is 2. The van der Waals surface area contributed by atoms with E-state index in [-0.39, 0.29) is 5.91 Å². The van der Waals surface area contributed by atoms with Crippen molar-refractivity contribution in [3.63, 3.8) is 0 Å². The van der Waals surface area contributed by atoms with Crippen LogP contribution in [0.25, 0.3) is 0 Å². The van der Waals surface area contributed by atoms with Crippen LogP contribution >= 0.6 is 0 Å². The summed E-state index contributed by atoms with van der Waals surface area (Å²) in [5, 5.41) is 6.94. The van der Waals surface area contributed by atoms with Crippen LogP contribution in [-0.4, -0.2) is 34.1 Å². The Bertz CT molecular complexity index is 381. The van der Waals surface area contributed by atoms with E-state index < -0.39 is 0 Å². The molecule has 0 aliphatic carbocycles. The molecule has 0 bridgehead atoms. The number of carbonyl (C=O) groups is 1. The number of nitrogens with zero attached hydrogens (tertiary/aromatic N) is 2. The van der Waals surface area contributed by atoms with Crippen molar-refractivity contribution in [1.82, 2.24) is 15.1 Å². The van der Waals surface area contributed by atoms with E-state index in [2.05, 4.69) is 24.0 Å². The van der Waals surface area contributed by atoms with Crippen molar-refractivity contribution in [2.45, 2.75) is 27.7 Å². The van der Waals surface area contributed by atoms with Gasteiger partial charge in [-0.2, -0.15) is 5.10 Å². The zero-order valence-electron chi connectivity index (χ0n) is 10.4. The second kappa shape index (κ2) is 3.92. The summed E-state index contributed by atoms with van der Waals surface area (Å²) in [5.74, 6) is 1.31. The summed E-state index contributed by atoms with van der Waals surface area (Å²) < 4.78 is 0. The molecule has 1 fully saturated rings. The van der Waals surface area contributed by atoms with Crippen LogP contribution < -0.4 is 0 Å². The highest BCUT2D eigenvalue weighted by Crippen LogP contribution is 2.24. The second-order valence-electron chi connectivity index (χ2n) is 4.97. The monoisotopic (exact) mass is 221 g/mol. The van der Waals surface area contributed by atoms with Crippen LogP contribution in [0, 0.1) is 25.7 Å². The van der Waals surface area contributed by atoms with Crippen LogP contribution in [0.5, 0.6) is 0 Å². The Morgan fingerprint density at radius 2 is 1.88 bits per heavy atom. The lowest BCUT2D eigenvalue weighted by Gasteiger charge is -2.16. The molecular formula is C12H19N3O. The third-order valence-electron chi connectivity index (χ3n) is 3.62. The Morgan fingerprint density at radius 1 is 1.31 bits per heavy atom. The van der Waals surface area contributed by atoms with Crippen molar-refractivity contribution in [1.29, 1.82) is 0 Å². The van der Waals surface area contributed by atoms with Gasteiger partial charge in [-0.15, -0.1) is 0 Å². The van der Waals surface area contributed by atoms with Gasteiger partial charge in [0.05, 0.1) is 11.3 Å². The Kier molecular flexibility index (Phi) is 2.74. The number of rotatable bonds is 1. The molecule has 0 radical (unpaired) electrons. The summed E-state index contributed by atoms with van der Waals surface area (Å²) in [6.45, 7) is 9.91. The number of hydrogen-bond acceptors (Lipinski definition) is 2. The Morgan fingerprint density at radius 3 is 2.31 bits per heavy atom. The highest BCUT2D eigenvalue weighted by atomic mass is 16.2. The standard InChI is InChI=1S/C12H19N3O/c1-7-5-15(6-8(7)2)12(16)11-9(3)13-14-10(11)4/h7-8H,5-6H2,1-4H3,(H,13,14). The van der Waals surface area contributed by atoms with E-state index >= 15 is 0 Å². The Balaban J connectivity index is 2.21. The molecule has 2 atom stereocenters. The number of carbonyl (C=O) groups excluding carboxylic acids is 1. The largest absolute Gasteiger partial charge is 0.338 e. The summed E-state index contributed by atoms with van der Waals surface area (Å²) in [6.07, 6.45) is 0. The van der Waals surface area contributed by atoms with Crippen molar-refractivity contribution < 1.29 is 4.79 Å². The topological polar surface area (TPSA) is 49.0 Å². The molecule has 2 heterocycles. The van der Waals surface area contributed by atoms with E-state index in [1.165, 1.54) is 0 Å². The maximum Gasteiger partial charge on any atom is 0.257 e. The van der Waals surface area contributed by atoms with Gasteiger partial charge in [0.1, 0.15) is 0 Å². The van der Waals surface area contributed by atoms with Gasteiger partial charge in [0, 0.05) is 18.8 Å². The van der Waals surface area contributed by atoms with Crippen LogP contribution in [0.3, 0.4) is 0 Å². The lowest BCUT2D eigenvalue weighted by molar-refractivity contribution is 0.0783. The molecule has 1 aromatic heterocycles. The number of likely N-dealkylation sites (tertiary alicyclic amines) is 1. The number of nitrogens with one attached hydrogen (secondary N) is 1. The predicted octanol–water partition coefficient (Wildman–Crippen LogP) is 1.75. The van der Waals surface area contributed by atoms with Crippen LogP contribution in [-0.2, 0) is 0 Å². The fourth-order valence-corrected chi connectivity index (χ4v) is 2.32. The predicted molar refractivity (Wildman–Crippen MR) is 62.3 cm³/mol. The second-order valence-corrected chi connectivity index (χ2v) is 4.97. The smallest absolute Gasteiger partial charge is 0.257 e. The number of amides is 1. The van der Waals surface area contributed by atoms with Crippen LogP contribution in [0.1, 0.15) is 35.6 Å². The van der Waals surface area contributed by atoms with Crippen molar-refractivity contribution in [3.05, 3.63) is 17.0 Å². The minimum Gasteiger partial charge on any atom is -0.338 e. The molecule has 1 aliphatic heterocycles. The number of hydrogen-bond donors (Lipinski definition) is 1. The van der Waals surface area contributed by atoms with Crippen molar-refractivity contribution in [2.75, 3.05) is 13.1 Å². The molecule has 16 heavy (non-hydrogen) atoms. The van der Waals surface area contributed by atoms with Crippen molar-refractivity contribution in [3.8, 4) is 0 Å². The first-order chi connectivity index (χ1) is 7.50. The van der Waals surface area contributed by atoms with Crippen molar-refractivity contribution in [2.24, 2.45) is 11.8 Å². The van der Waals surface area contributed by atoms with Gasteiger partial charge in [-0.3, -0.25) is 9.89 Å². The lowest BCUT2D eigenvalue weighted by Crippen LogP contribution is -2.29. The van der Waals surface area contributed by atoms with E-state index in [0.717, 1.165) is 30.0 Å². The zero-order chi connectivity index (χ0) is 11.9. The molecule has 0 spiro atoms. The van der Waals surface area contributed by atoms with Gasteiger partial charge < -0.3 is 4.90 Å². The molecule has 0 aromatic carbocycles. The normalized spacial score (nSPS) is 25.1. The van der Waals surface area contributed by atoms with Gasteiger partial charge in [-0.1, -0.05) is 13.8 Å². The lowest BCUT2D eigenvalue weighted by atomic mass is 10.0. The minimum atomic E-state index is 0.125. The summed E-state index contributed by atoms with van der Waals surface area (Å²) in [4.78, 5) is 14.3. The maximum absolute atomic E-state index is 12.3. The van der Waals surface area contributed by atoms with Gasteiger partial charge >= 0.3 is 0 Å². The molecule has 4 nitrogen and oxygen atoms in total. The van der Waals surface area contributed by atoms with Crippen LogP contribution in [0.15, 0.2) is 0 Å². The Hall–Kier alpha value is -1.32. The van der Waals surface area contributed by atoms with Crippen LogP contribution in [0.4, 0.5) is 0 Å². The summed E-state index contributed by atoms with van der Waals surface area (Å²) in [7, 11) is 0. The molecule has 1 aromatic rings. The number of aromatic nitrogens is 2. The molecular weight excluding hydrogens is 202 g/mol. The minimum absolute atomic E-state index is 0.125. The zero-order valence-corrected chi connectivity index (χ0v) is 10.4. The van der Waals surface area contributed by atoms with Crippen molar-refractivity contribution >= 4 is 5.91 Å². The fourth-order valence-electron chi connectivity index (χ4n) is 2.32. The maximum atomic E-state index is 12.3. The third-order valence-corrected chi connectivity index (χ3v) is 3.62. The van der Waals surface area contributed by atoms with E-state index in [4.69, 9.17) is 0 Å². The van der Waals surface area contributed by atoms with Gasteiger partial charge in [-0.05, 0) is 25.7 Å². The average Bonchev–Trinajstić information content (AvgIpc) is 2.72. The molecule has 1 amide bonds. The highest BCUT2D eigenvalue weighted by molar-refractivity contribution is 5.96. The quantitative estimate of drug-likeness (QED) is 0.785. The van der Waals surface area contributed by atoms with Crippen LogP contribution in [0.2, 0.25) is 0 Å². The first-order valence-electron chi connectivity index (χ1n) is 5.81. The van der Waals surface area contributed by atoms with Gasteiger partial charge in [0.25, 0.3) is 5.91 Å². The summed E-state index contributed by atoms with van der Waals surface area (Å²) in [5.41, 5.74) is 2.42. The molecule has 88 valence electrons. The third kappa shape index (κ3) is 1.72. The van der Waals surface area contributed by atoms with E-state index in [1.807, 2.05) is 18.7 Å². The average molecular weight is 221 g/mol. The van der Waals surface area contributed by atoms with E-state index in [1.54, 1.807) is 0 Å². The summed E-state index contributed by atoms with van der Waals surface area (Å²) in [6, 6.07) is 0.